The average Bonchev–Trinajstić information content (AvgIpc) is 3.59. The van der Waals surface area contributed by atoms with Gasteiger partial charge in [0.05, 0.1) is 28.1 Å². The second-order valence-corrected chi connectivity index (χ2v) is 13.7. The first-order valence-electron chi connectivity index (χ1n) is 18.5. The van der Waals surface area contributed by atoms with Gasteiger partial charge in [-0.2, -0.15) is 0 Å². The molecule has 0 aliphatic heterocycles. The Morgan fingerprint density at radius 2 is 0.907 bits per heavy atom. The van der Waals surface area contributed by atoms with E-state index in [0.717, 1.165) is 28.3 Å². The van der Waals surface area contributed by atoms with E-state index in [1.807, 2.05) is 0 Å². The van der Waals surface area contributed by atoms with Crippen molar-refractivity contribution in [2.75, 3.05) is 4.90 Å². The Bertz CT molecular complexity index is 2920. The molecule has 1 aromatic heterocycles. The van der Waals surface area contributed by atoms with Crippen LogP contribution in [0.1, 0.15) is 0 Å². The third kappa shape index (κ3) is 5.44. The number of hydrogen-bond acceptors (Lipinski definition) is 1. The summed E-state index contributed by atoms with van der Waals surface area (Å²) >= 11 is 0. The third-order valence-electron chi connectivity index (χ3n) is 10.6. The number of fused-ring (bicyclic) bond motifs is 4. The van der Waals surface area contributed by atoms with Gasteiger partial charge in [-0.15, -0.1) is 0 Å². The van der Waals surface area contributed by atoms with Crippen LogP contribution in [0, 0.1) is 0 Å². The second-order valence-electron chi connectivity index (χ2n) is 13.7. The van der Waals surface area contributed by atoms with Gasteiger partial charge in [-0.25, -0.2) is 0 Å². The molecule has 0 bridgehead atoms. The predicted octanol–water partition coefficient (Wildman–Crippen LogP) is 14.4. The van der Waals surface area contributed by atoms with Crippen LogP contribution in [0.15, 0.2) is 218 Å². The van der Waals surface area contributed by atoms with E-state index >= 15 is 0 Å². The summed E-state index contributed by atoms with van der Waals surface area (Å²) in [4.78, 5) is 2.45. The standard InChI is InChI=1S/C52H36N2/c1-3-17-39(18-4-1)44-22-9-12-25-47(44)53(43-34-32-38(33-35-43)42-31-30-37-16-7-8-21-41(37)36-42)50-28-15-29-51-52(50)46-24-11-14-27-49(46)54(51)48-26-13-10-23-45(48)40-19-5-2-6-20-40/h1-36H. The highest BCUT2D eigenvalue weighted by atomic mass is 15.2. The van der Waals surface area contributed by atoms with Crippen molar-refractivity contribution in [3.8, 4) is 39.1 Å². The smallest absolute Gasteiger partial charge is 0.0562 e. The fourth-order valence-corrected chi connectivity index (χ4v) is 8.09. The lowest BCUT2D eigenvalue weighted by atomic mass is 9.99. The molecule has 0 aliphatic rings. The molecule has 0 fully saturated rings. The summed E-state index contributed by atoms with van der Waals surface area (Å²) in [7, 11) is 0. The lowest BCUT2D eigenvalue weighted by molar-refractivity contribution is 1.18. The minimum Gasteiger partial charge on any atom is -0.309 e. The number of aromatic nitrogens is 1. The molecule has 0 amide bonds. The fraction of sp³-hybridized carbons (Fsp3) is 0. The van der Waals surface area contributed by atoms with Crippen LogP contribution >= 0.6 is 0 Å². The molecule has 0 unspecified atom stereocenters. The van der Waals surface area contributed by atoms with Crippen LogP contribution in [0.25, 0.3) is 71.6 Å². The summed E-state index contributed by atoms with van der Waals surface area (Å²) in [5, 5.41) is 4.91. The monoisotopic (exact) mass is 688 g/mol. The highest BCUT2D eigenvalue weighted by molar-refractivity contribution is 6.17. The maximum Gasteiger partial charge on any atom is 0.0562 e. The molecule has 1 heterocycles. The Morgan fingerprint density at radius 1 is 0.333 bits per heavy atom. The maximum absolute atomic E-state index is 2.45. The second kappa shape index (κ2) is 13.4. The first-order valence-corrected chi connectivity index (χ1v) is 18.5. The first kappa shape index (κ1) is 31.6. The molecule has 2 nitrogen and oxygen atoms in total. The average molecular weight is 689 g/mol. The summed E-state index contributed by atoms with van der Waals surface area (Å²) in [6.07, 6.45) is 0. The molecule has 0 atom stereocenters. The van der Waals surface area contributed by atoms with E-state index in [0.29, 0.717) is 0 Å². The Balaban J connectivity index is 1.22. The lowest BCUT2D eigenvalue weighted by Crippen LogP contribution is -2.11. The van der Waals surface area contributed by atoms with Gasteiger partial charge < -0.3 is 9.47 Å². The molecule has 0 N–H and O–H groups in total. The topological polar surface area (TPSA) is 8.17 Å². The number of anilines is 3. The Kier molecular flexibility index (Phi) is 7.85. The Morgan fingerprint density at radius 3 is 1.70 bits per heavy atom. The molecule has 10 aromatic rings. The van der Waals surface area contributed by atoms with E-state index in [1.165, 1.54) is 60.4 Å². The van der Waals surface area contributed by atoms with Crippen LogP contribution in [-0.2, 0) is 0 Å². The highest BCUT2D eigenvalue weighted by Crippen LogP contribution is 2.47. The minimum absolute atomic E-state index is 1.09. The van der Waals surface area contributed by atoms with Crippen molar-refractivity contribution in [2.45, 2.75) is 0 Å². The van der Waals surface area contributed by atoms with Gasteiger partial charge in [-0.1, -0.05) is 170 Å². The van der Waals surface area contributed by atoms with Crippen molar-refractivity contribution >= 4 is 49.6 Å². The van der Waals surface area contributed by atoms with E-state index in [9.17, 15) is 0 Å². The molecule has 0 saturated heterocycles. The number of benzene rings is 9. The van der Waals surface area contributed by atoms with Crippen molar-refractivity contribution in [1.82, 2.24) is 4.57 Å². The molecule has 0 radical (unpaired) electrons. The van der Waals surface area contributed by atoms with Gasteiger partial charge in [-0.3, -0.25) is 0 Å². The Labute approximate surface area is 315 Å². The highest BCUT2D eigenvalue weighted by Gasteiger charge is 2.23. The van der Waals surface area contributed by atoms with E-state index < -0.39 is 0 Å². The van der Waals surface area contributed by atoms with Crippen LogP contribution in [-0.4, -0.2) is 4.57 Å². The predicted molar refractivity (Wildman–Crippen MR) is 229 cm³/mol. The Hall–Kier alpha value is -7.16. The van der Waals surface area contributed by atoms with Crippen molar-refractivity contribution in [3.05, 3.63) is 218 Å². The van der Waals surface area contributed by atoms with Crippen molar-refractivity contribution in [2.24, 2.45) is 0 Å². The quantitative estimate of drug-likeness (QED) is 0.162. The van der Waals surface area contributed by atoms with Crippen molar-refractivity contribution in [1.29, 1.82) is 0 Å². The van der Waals surface area contributed by atoms with E-state index in [4.69, 9.17) is 0 Å². The van der Waals surface area contributed by atoms with Gasteiger partial charge in [-0.05, 0) is 81.6 Å². The third-order valence-corrected chi connectivity index (χ3v) is 10.6. The fourth-order valence-electron chi connectivity index (χ4n) is 8.09. The molecule has 0 aliphatic carbocycles. The number of hydrogen-bond donors (Lipinski definition) is 0. The summed E-state index contributed by atoms with van der Waals surface area (Å²) < 4.78 is 2.45. The molecule has 54 heavy (non-hydrogen) atoms. The van der Waals surface area contributed by atoms with Crippen LogP contribution in [0.2, 0.25) is 0 Å². The van der Waals surface area contributed by atoms with E-state index in [-0.39, 0.29) is 0 Å². The molecular formula is C52H36N2. The normalized spacial score (nSPS) is 11.3. The molecule has 9 aromatic carbocycles. The molecule has 0 saturated carbocycles. The van der Waals surface area contributed by atoms with Gasteiger partial charge in [0.15, 0.2) is 0 Å². The van der Waals surface area contributed by atoms with Gasteiger partial charge in [0, 0.05) is 27.6 Å². The molecule has 10 rings (SSSR count). The van der Waals surface area contributed by atoms with Crippen molar-refractivity contribution < 1.29 is 0 Å². The zero-order valence-corrected chi connectivity index (χ0v) is 29.7. The summed E-state index contributed by atoms with van der Waals surface area (Å²) in [5.41, 5.74) is 14.0. The number of rotatable bonds is 7. The van der Waals surface area contributed by atoms with Gasteiger partial charge in [0.1, 0.15) is 0 Å². The zero-order valence-electron chi connectivity index (χ0n) is 29.7. The van der Waals surface area contributed by atoms with E-state index in [1.54, 1.807) is 0 Å². The van der Waals surface area contributed by atoms with Crippen LogP contribution < -0.4 is 4.90 Å². The molecule has 2 heteroatoms. The first-order chi connectivity index (χ1) is 26.8. The molecule has 254 valence electrons. The SMILES string of the molecule is c1ccc(-c2ccccc2N(c2ccc(-c3ccc4ccccc4c3)cc2)c2cccc3c2c2ccccc2n3-c2ccccc2-c2ccccc2)cc1. The summed E-state index contributed by atoms with van der Waals surface area (Å²) in [6, 6.07) is 78.9. The molecule has 0 spiro atoms. The van der Waals surface area contributed by atoms with Gasteiger partial charge >= 0.3 is 0 Å². The van der Waals surface area contributed by atoms with E-state index in [2.05, 4.69) is 228 Å². The number of nitrogens with zero attached hydrogens (tertiary/aromatic N) is 2. The van der Waals surface area contributed by atoms with Crippen molar-refractivity contribution in [3.63, 3.8) is 0 Å². The lowest BCUT2D eigenvalue weighted by Gasteiger charge is -2.29. The summed E-state index contributed by atoms with van der Waals surface area (Å²) in [5.74, 6) is 0. The minimum atomic E-state index is 1.09. The van der Waals surface area contributed by atoms with Crippen LogP contribution in [0.4, 0.5) is 17.1 Å². The zero-order chi connectivity index (χ0) is 35.8. The molecular weight excluding hydrogens is 653 g/mol. The number of para-hydroxylation sites is 3. The summed E-state index contributed by atoms with van der Waals surface area (Å²) in [6.45, 7) is 0. The van der Waals surface area contributed by atoms with Gasteiger partial charge in [0.2, 0.25) is 0 Å². The largest absolute Gasteiger partial charge is 0.309 e. The van der Waals surface area contributed by atoms with Crippen LogP contribution in [0.5, 0.6) is 0 Å². The van der Waals surface area contributed by atoms with Crippen LogP contribution in [0.3, 0.4) is 0 Å². The van der Waals surface area contributed by atoms with Gasteiger partial charge in [0.25, 0.3) is 0 Å². The maximum atomic E-state index is 2.45.